The molecule has 0 radical (unpaired) electrons. The second-order valence-corrected chi connectivity index (χ2v) is 8.65. The first-order chi connectivity index (χ1) is 13.9. The van der Waals surface area contributed by atoms with Gasteiger partial charge in [-0.25, -0.2) is 0 Å². The second kappa shape index (κ2) is 9.44. The standard InChI is InChI=1S/C24H28N2OS/c27-19-26-23-12-6-5-11-21(23)22(17-25-14-7-2-8-15-25)24(26)18-28-16-13-20-9-3-1-4-10-20/h1,3-6,9-12,19H,2,7-8,13-18H2. The van der Waals surface area contributed by atoms with Crippen LogP contribution in [-0.2, 0) is 23.5 Å². The van der Waals surface area contributed by atoms with E-state index >= 15 is 0 Å². The number of aryl methyl sites for hydroxylation is 1. The number of rotatable bonds is 8. The first-order valence-corrected chi connectivity index (χ1v) is 11.4. The van der Waals surface area contributed by atoms with E-state index in [1.807, 2.05) is 22.4 Å². The summed E-state index contributed by atoms with van der Waals surface area (Å²) in [6.07, 6.45) is 5.97. The SMILES string of the molecule is O=Cn1c(CSCCc2ccccc2)c(CN2CCCCC2)c2ccccc21. The summed E-state index contributed by atoms with van der Waals surface area (Å²) in [6, 6.07) is 19.0. The molecule has 0 atom stereocenters. The van der Waals surface area contributed by atoms with Gasteiger partial charge in [-0.2, -0.15) is 11.8 Å². The average molecular weight is 393 g/mol. The molecule has 1 aliphatic rings. The third-order valence-electron chi connectivity index (χ3n) is 5.68. The van der Waals surface area contributed by atoms with E-state index in [-0.39, 0.29) is 0 Å². The molecule has 0 spiro atoms. The maximum Gasteiger partial charge on any atom is 0.218 e. The third-order valence-corrected chi connectivity index (χ3v) is 6.65. The predicted octanol–water partition coefficient (Wildman–Crippen LogP) is 5.14. The van der Waals surface area contributed by atoms with Crippen LogP contribution >= 0.6 is 11.8 Å². The smallest absolute Gasteiger partial charge is 0.218 e. The van der Waals surface area contributed by atoms with Crippen LogP contribution in [0.15, 0.2) is 54.6 Å². The number of aromatic nitrogens is 1. The zero-order valence-electron chi connectivity index (χ0n) is 16.3. The minimum Gasteiger partial charge on any atom is -0.299 e. The van der Waals surface area contributed by atoms with Crippen molar-refractivity contribution in [1.82, 2.24) is 9.47 Å². The van der Waals surface area contributed by atoms with Gasteiger partial charge in [-0.15, -0.1) is 0 Å². The average Bonchev–Trinajstić information content (AvgIpc) is 3.05. The van der Waals surface area contributed by atoms with E-state index in [1.165, 1.54) is 54.6 Å². The van der Waals surface area contributed by atoms with Gasteiger partial charge >= 0.3 is 0 Å². The van der Waals surface area contributed by atoms with Crippen LogP contribution in [0.25, 0.3) is 10.9 Å². The Morgan fingerprint density at radius 3 is 2.46 bits per heavy atom. The summed E-state index contributed by atoms with van der Waals surface area (Å²) < 4.78 is 1.88. The molecular formula is C24H28N2OS. The van der Waals surface area contributed by atoms with Crippen LogP contribution in [0.1, 0.15) is 36.1 Å². The van der Waals surface area contributed by atoms with Crippen LogP contribution < -0.4 is 0 Å². The van der Waals surface area contributed by atoms with Gasteiger partial charge in [0, 0.05) is 23.4 Å². The first-order valence-electron chi connectivity index (χ1n) is 10.3. The molecule has 0 saturated carbocycles. The van der Waals surface area contributed by atoms with Gasteiger partial charge in [0.2, 0.25) is 6.41 Å². The van der Waals surface area contributed by atoms with Gasteiger partial charge in [0.25, 0.3) is 0 Å². The van der Waals surface area contributed by atoms with Crippen LogP contribution in [0, 0.1) is 0 Å². The Labute approximate surface area is 171 Å². The zero-order chi connectivity index (χ0) is 19.2. The topological polar surface area (TPSA) is 25.2 Å². The summed E-state index contributed by atoms with van der Waals surface area (Å²) in [5, 5.41) is 1.24. The van der Waals surface area contributed by atoms with Crippen LogP contribution in [0.2, 0.25) is 0 Å². The van der Waals surface area contributed by atoms with Crippen molar-refractivity contribution >= 4 is 29.1 Å². The third kappa shape index (κ3) is 4.34. The normalized spacial score (nSPS) is 15.1. The zero-order valence-corrected chi connectivity index (χ0v) is 17.2. The summed E-state index contributed by atoms with van der Waals surface area (Å²) in [4.78, 5) is 14.5. The lowest BCUT2D eigenvalue weighted by molar-refractivity contribution is 0.221. The molecule has 0 aliphatic carbocycles. The molecule has 146 valence electrons. The number of carbonyl (C=O) groups excluding carboxylic acids is 1. The molecule has 3 nitrogen and oxygen atoms in total. The van der Waals surface area contributed by atoms with E-state index < -0.39 is 0 Å². The molecule has 0 unspecified atom stereocenters. The van der Waals surface area contributed by atoms with Crippen molar-refractivity contribution in [2.75, 3.05) is 18.8 Å². The highest BCUT2D eigenvalue weighted by molar-refractivity contribution is 7.98. The minimum absolute atomic E-state index is 0.878. The molecule has 0 N–H and O–H groups in total. The van der Waals surface area contributed by atoms with E-state index in [0.717, 1.165) is 36.4 Å². The van der Waals surface area contributed by atoms with Gasteiger partial charge in [-0.05, 0) is 55.3 Å². The number of hydrogen-bond donors (Lipinski definition) is 0. The van der Waals surface area contributed by atoms with Gasteiger partial charge in [-0.3, -0.25) is 14.3 Å². The molecule has 0 bridgehead atoms. The lowest BCUT2D eigenvalue weighted by atomic mass is 10.1. The Kier molecular flexibility index (Phi) is 6.50. The van der Waals surface area contributed by atoms with Crippen LogP contribution in [-0.4, -0.2) is 34.7 Å². The Bertz CT molecular complexity index is 913. The number of piperidine rings is 1. The Morgan fingerprint density at radius 1 is 0.929 bits per heavy atom. The molecule has 1 aromatic heterocycles. The largest absolute Gasteiger partial charge is 0.299 e. The van der Waals surface area contributed by atoms with E-state index in [2.05, 4.69) is 53.4 Å². The van der Waals surface area contributed by atoms with Crippen LogP contribution in [0.5, 0.6) is 0 Å². The minimum atomic E-state index is 0.878. The molecule has 2 heterocycles. The summed E-state index contributed by atoms with van der Waals surface area (Å²) in [7, 11) is 0. The van der Waals surface area contributed by atoms with Crippen molar-refractivity contribution in [1.29, 1.82) is 0 Å². The lowest BCUT2D eigenvalue weighted by Crippen LogP contribution is -2.29. The molecule has 3 aromatic rings. The highest BCUT2D eigenvalue weighted by Crippen LogP contribution is 2.30. The Balaban J connectivity index is 1.54. The summed E-state index contributed by atoms with van der Waals surface area (Å²) >= 11 is 1.92. The van der Waals surface area contributed by atoms with Crippen molar-refractivity contribution < 1.29 is 4.79 Å². The number of thioether (sulfide) groups is 1. The molecule has 1 fully saturated rings. The van der Waals surface area contributed by atoms with Gasteiger partial charge in [0.15, 0.2) is 0 Å². The van der Waals surface area contributed by atoms with Crippen molar-refractivity contribution in [3.8, 4) is 0 Å². The van der Waals surface area contributed by atoms with Crippen LogP contribution in [0.4, 0.5) is 0 Å². The van der Waals surface area contributed by atoms with Gasteiger partial charge in [-0.1, -0.05) is 55.0 Å². The summed E-state index contributed by atoms with van der Waals surface area (Å²) in [5.41, 5.74) is 4.94. The van der Waals surface area contributed by atoms with E-state index in [4.69, 9.17) is 0 Å². The summed E-state index contributed by atoms with van der Waals surface area (Å²) in [5.74, 6) is 1.94. The Morgan fingerprint density at radius 2 is 1.68 bits per heavy atom. The number of benzene rings is 2. The molecular weight excluding hydrogens is 364 g/mol. The molecule has 2 aromatic carbocycles. The van der Waals surface area contributed by atoms with Gasteiger partial charge in [0.1, 0.15) is 0 Å². The molecule has 4 rings (SSSR count). The molecule has 4 heteroatoms. The number of likely N-dealkylation sites (tertiary alicyclic amines) is 1. The quantitative estimate of drug-likeness (QED) is 0.392. The lowest BCUT2D eigenvalue weighted by Gasteiger charge is -2.26. The summed E-state index contributed by atoms with van der Waals surface area (Å²) in [6.45, 7) is 3.29. The predicted molar refractivity (Wildman–Crippen MR) is 120 cm³/mol. The maximum atomic E-state index is 11.9. The van der Waals surface area contributed by atoms with E-state index in [1.54, 1.807) is 0 Å². The highest BCUT2D eigenvalue weighted by Gasteiger charge is 2.20. The van der Waals surface area contributed by atoms with Crippen molar-refractivity contribution in [2.24, 2.45) is 0 Å². The first kappa shape index (κ1) is 19.3. The molecule has 0 amide bonds. The van der Waals surface area contributed by atoms with E-state index in [0.29, 0.717) is 0 Å². The van der Waals surface area contributed by atoms with E-state index in [9.17, 15) is 4.79 Å². The van der Waals surface area contributed by atoms with Crippen molar-refractivity contribution in [2.45, 2.75) is 38.0 Å². The fourth-order valence-corrected chi connectivity index (χ4v) is 5.21. The van der Waals surface area contributed by atoms with Gasteiger partial charge in [0.05, 0.1) is 5.52 Å². The monoisotopic (exact) mass is 392 g/mol. The fraction of sp³-hybridized carbons (Fsp3) is 0.375. The maximum absolute atomic E-state index is 11.9. The number of hydrogen-bond acceptors (Lipinski definition) is 3. The number of fused-ring (bicyclic) bond motifs is 1. The van der Waals surface area contributed by atoms with Crippen LogP contribution in [0.3, 0.4) is 0 Å². The fourth-order valence-electron chi connectivity index (χ4n) is 4.18. The van der Waals surface area contributed by atoms with Crippen molar-refractivity contribution in [3.63, 3.8) is 0 Å². The van der Waals surface area contributed by atoms with Crippen molar-refractivity contribution in [3.05, 3.63) is 71.4 Å². The molecule has 28 heavy (non-hydrogen) atoms. The number of carbonyl (C=O) groups is 1. The molecule has 1 saturated heterocycles. The second-order valence-electron chi connectivity index (χ2n) is 7.54. The Hall–Kier alpha value is -2.04. The molecule has 1 aliphatic heterocycles. The number of para-hydroxylation sites is 1. The highest BCUT2D eigenvalue weighted by atomic mass is 32.2. The number of nitrogens with zero attached hydrogens (tertiary/aromatic N) is 2. The van der Waals surface area contributed by atoms with Gasteiger partial charge < -0.3 is 0 Å².